The zero-order chi connectivity index (χ0) is 24.5. The summed E-state index contributed by atoms with van der Waals surface area (Å²) >= 11 is 0. The first-order valence-corrected chi connectivity index (χ1v) is 12.6. The standard InChI is InChI=1S/C24H27N3O6S/c1-16-12-21(18(3)27(16)23-13-17(2)33-25-23)22(28)15-32-24(29)19-8-7-9-20(14-19)34(30,31)26-10-5-4-6-11-26/h7-9,12-14H,4-6,10-11,15H2,1-3H3. The minimum absolute atomic E-state index is 0.0432. The number of sulfonamides is 1. The van der Waals surface area contributed by atoms with Gasteiger partial charge in [0.15, 0.2) is 12.4 Å². The van der Waals surface area contributed by atoms with Gasteiger partial charge in [-0.05, 0) is 57.9 Å². The van der Waals surface area contributed by atoms with Gasteiger partial charge in [-0.25, -0.2) is 13.2 Å². The first-order valence-electron chi connectivity index (χ1n) is 11.1. The van der Waals surface area contributed by atoms with E-state index in [2.05, 4.69) is 5.16 Å². The van der Waals surface area contributed by atoms with E-state index in [1.165, 1.54) is 28.6 Å². The number of ketones is 1. The summed E-state index contributed by atoms with van der Waals surface area (Å²) in [5.41, 5.74) is 1.93. The maximum Gasteiger partial charge on any atom is 0.338 e. The number of nitrogens with zero attached hydrogens (tertiary/aromatic N) is 3. The molecule has 0 amide bonds. The van der Waals surface area contributed by atoms with Gasteiger partial charge in [-0.3, -0.25) is 9.36 Å². The van der Waals surface area contributed by atoms with Crippen molar-refractivity contribution in [3.8, 4) is 5.82 Å². The quantitative estimate of drug-likeness (QED) is 0.371. The van der Waals surface area contributed by atoms with Gasteiger partial charge < -0.3 is 9.26 Å². The van der Waals surface area contributed by atoms with Crippen molar-refractivity contribution in [3.63, 3.8) is 0 Å². The average Bonchev–Trinajstić information content (AvgIpc) is 3.39. The molecule has 10 heteroatoms. The van der Waals surface area contributed by atoms with E-state index in [1.54, 1.807) is 30.5 Å². The van der Waals surface area contributed by atoms with Crippen molar-refractivity contribution in [2.75, 3.05) is 19.7 Å². The Balaban J connectivity index is 1.46. The molecule has 1 aliphatic rings. The Morgan fingerprint density at radius 2 is 1.79 bits per heavy atom. The molecule has 9 nitrogen and oxygen atoms in total. The van der Waals surface area contributed by atoms with Crippen molar-refractivity contribution in [3.05, 3.63) is 64.7 Å². The molecule has 0 atom stereocenters. The van der Waals surface area contributed by atoms with E-state index in [0.29, 0.717) is 35.9 Å². The topological polar surface area (TPSA) is 112 Å². The van der Waals surface area contributed by atoms with Crippen LogP contribution in [0.15, 0.2) is 45.8 Å². The van der Waals surface area contributed by atoms with E-state index in [4.69, 9.17) is 9.26 Å². The SMILES string of the molecule is Cc1cc(-n2c(C)cc(C(=O)COC(=O)c3cccc(S(=O)(=O)N4CCCCC4)c3)c2C)no1. The van der Waals surface area contributed by atoms with Crippen molar-refractivity contribution in [2.24, 2.45) is 0 Å². The number of benzene rings is 1. The van der Waals surface area contributed by atoms with Gasteiger partial charge in [-0.15, -0.1) is 0 Å². The summed E-state index contributed by atoms with van der Waals surface area (Å²) in [4.78, 5) is 25.4. The van der Waals surface area contributed by atoms with Crippen LogP contribution < -0.4 is 0 Å². The highest BCUT2D eigenvalue weighted by molar-refractivity contribution is 7.89. The molecule has 0 aliphatic carbocycles. The number of esters is 1. The second kappa shape index (κ2) is 9.55. The monoisotopic (exact) mass is 485 g/mol. The van der Waals surface area contributed by atoms with Gasteiger partial charge in [0.2, 0.25) is 15.8 Å². The number of carbonyl (C=O) groups is 2. The highest BCUT2D eigenvalue weighted by atomic mass is 32.2. The van der Waals surface area contributed by atoms with E-state index in [0.717, 1.165) is 25.0 Å². The fraction of sp³-hybridized carbons (Fsp3) is 0.375. The lowest BCUT2D eigenvalue weighted by atomic mass is 10.1. The highest BCUT2D eigenvalue weighted by Gasteiger charge is 2.27. The molecule has 1 aromatic carbocycles. The average molecular weight is 486 g/mol. The van der Waals surface area contributed by atoms with E-state index < -0.39 is 22.6 Å². The largest absolute Gasteiger partial charge is 0.454 e. The van der Waals surface area contributed by atoms with Gasteiger partial charge in [0.25, 0.3) is 0 Å². The Morgan fingerprint density at radius 3 is 2.47 bits per heavy atom. The Kier molecular flexibility index (Phi) is 6.72. The third kappa shape index (κ3) is 4.69. The lowest BCUT2D eigenvalue weighted by Gasteiger charge is -2.25. The van der Waals surface area contributed by atoms with Crippen LogP contribution in [0, 0.1) is 20.8 Å². The number of hydrogen-bond donors (Lipinski definition) is 0. The molecule has 4 rings (SSSR count). The number of rotatable bonds is 7. The van der Waals surface area contributed by atoms with Crippen LogP contribution in [0.5, 0.6) is 0 Å². The lowest BCUT2D eigenvalue weighted by Crippen LogP contribution is -2.35. The molecular weight excluding hydrogens is 458 g/mol. The zero-order valence-electron chi connectivity index (χ0n) is 19.4. The van der Waals surface area contributed by atoms with Gasteiger partial charge in [0.05, 0.1) is 10.5 Å². The van der Waals surface area contributed by atoms with Crippen molar-refractivity contribution < 1.29 is 27.3 Å². The Bertz CT molecular complexity index is 1330. The summed E-state index contributed by atoms with van der Waals surface area (Å²) in [6, 6.07) is 9.21. The maximum absolute atomic E-state index is 12.9. The number of hydrogen-bond acceptors (Lipinski definition) is 7. The molecule has 0 unspecified atom stereocenters. The van der Waals surface area contributed by atoms with Crippen molar-refractivity contribution in [1.82, 2.24) is 14.0 Å². The zero-order valence-corrected chi connectivity index (χ0v) is 20.2. The molecule has 1 fully saturated rings. The van der Waals surface area contributed by atoms with Crippen LogP contribution in [-0.2, 0) is 14.8 Å². The van der Waals surface area contributed by atoms with Crippen molar-refractivity contribution in [1.29, 1.82) is 0 Å². The van der Waals surface area contributed by atoms with E-state index in [1.807, 2.05) is 6.92 Å². The fourth-order valence-corrected chi connectivity index (χ4v) is 5.75. The second-order valence-corrected chi connectivity index (χ2v) is 10.3. The minimum Gasteiger partial charge on any atom is -0.454 e. The molecule has 2 aromatic heterocycles. The molecule has 1 aliphatic heterocycles. The van der Waals surface area contributed by atoms with Crippen molar-refractivity contribution in [2.45, 2.75) is 44.9 Å². The number of piperidine rings is 1. The minimum atomic E-state index is -3.68. The summed E-state index contributed by atoms with van der Waals surface area (Å²) in [7, 11) is -3.68. The smallest absolute Gasteiger partial charge is 0.338 e. The van der Waals surface area contributed by atoms with Gasteiger partial charge in [-0.2, -0.15) is 4.31 Å². The Hall–Kier alpha value is -3.24. The predicted molar refractivity (Wildman–Crippen MR) is 124 cm³/mol. The summed E-state index contributed by atoms with van der Waals surface area (Å²) in [5.74, 6) is 0.0825. The van der Waals surface area contributed by atoms with Gasteiger partial charge in [0, 0.05) is 36.1 Å². The normalized spacial score (nSPS) is 14.8. The molecule has 3 aromatic rings. The molecule has 0 bridgehead atoms. The maximum atomic E-state index is 12.9. The van der Waals surface area contributed by atoms with Crippen LogP contribution in [0.1, 0.15) is 57.1 Å². The third-order valence-electron chi connectivity index (χ3n) is 5.93. The fourth-order valence-electron chi connectivity index (χ4n) is 4.19. The van der Waals surface area contributed by atoms with Crippen LogP contribution in [0.2, 0.25) is 0 Å². The first-order chi connectivity index (χ1) is 16.2. The molecule has 180 valence electrons. The van der Waals surface area contributed by atoms with Gasteiger partial charge in [0.1, 0.15) is 5.76 Å². The molecule has 0 radical (unpaired) electrons. The molecule has 34 heavy (non-hydrogen) atoms. The van der Waals surface area contributed by atoms with E-state index in [9.17, 15) is 18.0 Å². The van der Waals surface area contributed by atoms with Crippen LogP contribution >= 0.6 is 0 Å². The lowest BCUT2D eigenvalue weighted by molar-refractivity contribution is 0.0474. The van der Waals surface area contributed by atoms with Crippen molar-refractivity contribution >= 4 is 21.8 Å². The third-order valence-corrected chi connectivity index (χ3v) is 7.83. The predicted octanol–water partition coefficient (Wildman–Crippen LogP) is 3.60. The summed E-state index contributed by atoms with van der Waals surface area (Å²) in [6.45, 7) is 5.87. The summed E-state index contributed by atoms with van der Waals surface area (Å²) in [6.07, 6.45) is 2.65. The first kappa shape index (κ1) is 23.9. The Morgan fingerprint density at radius 1 is 1.06 bits per heavy atom. The molecule has 0 spiro atoms. The van der Waals surface area contributed by atoms with Crippen LogP contribution in [0.4, 0.5) is 0 Å². The van der Waals surface area contributed by atoms with E-state index >= 15 is 0 Å². The number of aromatic nitrogens is 2. The molecule has 3 heterocycles. The number of aryl methyl sites for hydroxylation is 2. The number of ether oxygens (including phenoxy) is 1. The molecular formula is C24H27N3O6S. The van der Waals surface area contributed by atoms with E-state index in [-0.39, 0.29) is 16.2 Å². The molecule has 1 saturated heterocycles. The molecule has 0 saturated carbocycles. The van der Waals surface area contributed by atoms with Crippen LogP contribution in [-0.4, -0.2) is 53.9 Å². The Labute approximate surface area is 198 Å². The van der Waals surface area contributed by atoms with Crippen LogP contribution in [0.25, 0.3) is 5.82 Å². The number of carbonyl (C=O) groups excluding carboxylic acids is 2. The summed E-state index contributed by atoms with van der Waals surface area (Å²) < 4.78 is 39.4. The molecule has 0 N–H and O–H groups in total. The highest BCUT2D eigenvalue weighted by Crippen LogP contribution is 2.23. The van der Waals surface area contributed by atoms with Gasteiger partial charge >= 0.3 is 5.97 Å². The summed E-state index contributed by atoms with van der Waals surface area (Å²) in [5, 5.41) is 3.99. The van der Waals surface area contributed by atoms with Gasteiger partial charge in [-0.1, -0.05) is 17.6 Å². The van der Waals surface area contributed by atoms with Crippen LogP contribution in [0.3, 0.4) is 0 Å². The second-order valence-electron chi connectivity index (χ2n) is 8.41. The number of Topliss-reactive ketones (excluding diaryl/α,β-unsaturated/α-hetero) is 1.